The summed E-state index contributed by atoms with van der Waals surface area (Å²) in [5.74, 6) is 1.04. The summed E-state index contributed by atoms with van der Waals surface area (Å²) in [6.07, 6.45) is 5.44. The van der Waals surface area contributed by atoms with Crippen molar-refractivity contribution in [3.05, 3.63) is 48.0 Å². The van der Waals surface area contributed by atoms with Crippen LogP contribution in [0.1, 0.15) is 51.6 Å². The molecular weight excluding hydrogens is 258 g/mol. The van der Waals surface area contributed by atoms with E-state index in [9.17, 15) is 0 Å². The second-order valence-corrected chi connectivity index (χ2v) is 5.66. The van der Waals surface area contributed by atoms with Crippen LogP contribution in [0.25, 0.3) is 5.69 Å². The van der Waals surface area contributed by atoms with Crippen molar-refractivity contribution in [3.63, 3.8) is 0 Å². The van der Waals surface area contributed by atoms with E-state index in [2.05, 4.69) is 66.8 Å². The normalized spacial score (nSPS) is 11.8. The van der Waals surface area contributed by atoms with E-state index >= 15 is 0 Å². The van der Waals surface area contributed by atoms with Gasteiger partial charge in [-0.1, -0.05) is 39.0 Å². The van der Waals surface area contributed by atoms with Gasteiger partial charge in [-0.25, -0.2) is 4.98 Å². The molecule has 21 heavy (non-hydrogen) atoms. The Morgan fingerprint density at radius 3 is 2.24 bits per heavy atom. The molecular formula is C18H27N3. The van der Waals surface area contributed by atoms with E-state index in [-0.39, 0.29) is 5.54 Å². The molecule has 1 heterocycles. The van der Waals surface area contributed by atoms with Crippen LogP contribution >= 0.6 is 0 Å². The first kappa shape index (κ1) is 15.8. The van der Waals surface area contributed by atoms with Crippen LogP contribution in [-0.4, -0.2) is 15.1 Å². The van der Waals surface area contributed by atoms with Crippen molar-refractivity contribution in [1.29, 1.82) is 0 Å². The third-order valence-electron chi connectivity index (χ3n) is 4.70. The zero-order valence-corrected chi connectivity index (χ0v) is 13.7. The number of hydrogen-bond donors (Lipinski definition) is 1. The summed E-state index contributed by atoms with van der Waals surface area (Å²) in [6, 6.07) is 10.4. The fraction of sp³-hybridized carbons (Fsp3) is 0.500. The largest absolute Gasteiger partial charge is 0.306 e. The van der Waals surface area contributed by atoms with E-state index in [1.807, 2.05) is 12.3 Å². The molecule has 0 aliphatic rings. The first-order chi connectivity index (χ1) is 10.2. The molecule has 0 amide bonds. The topological polar surface area (TPSA) is 29.9 Å². The molecule has 3 heteroatoms. The van der Waals surface area contributed by atoms with Gasteiger partial charge in [0.05, 0.1) is 11.9 Å². The Labute approximate surface area is 128 Å². The fourth-order valence-electron chi connectivity index (χ4n) is 2.95. The number of nitrogens with zero attached hydrogens (tertiary/aromatic N) is 2. The zero-order chi connectivity index (χ0) is 15.3. The van der Waals surface area contributed by atoms with Crippen LogP contribution in [0.2, 0.25) is 0 Å². The minimum absolute atomic E-state index is 0.236. The van der Waals surface area contributed by atoms with Crippen molar-refractivity contribution < 1.29 is 0 Å². The standard InChI is InChI=1S/C18H27N3/c1-5-18(6-2,7-3)20-14-17-13-19-15(4)21(17)16-11-9-8-10-12-16/h8-13,20H,5-7,14H2,1-4H3. The van der Waals surface area contributed by atoms with Gasteiger partial charge in [-0.15, -0.1) is 0 Å². The van der Waals surface area contributed by atoms with E-state index in [1.54, 1.807) is 0 Å². The minimum Gasteiger partial charge on any atom is -0.306 e. The summed E-state index contributed by atoms with van der Waals surface area (Å²) in [5, 5.41) is 3.76. The Kier molecular flexibility index (Phi) is 5.18. The molecule has 2 aromatic rings. The van der Waals surface area contributed by atoms with Gasteiger partial charge in [-0.3, -0.25) is 4.57 Å². The van der Waals surface area contributed by atoms with Crippen LogP contribution in [0, 0.1) is 6.92 Å². The molecule has 0 bridgehead atoms. The number of nitrogens with one attached hydrogen (secondary N) is 1. The second-order valence-electron chi connectivity index (χ2n) is 5.66. The van der Waals surface area contributed by atoms with Crippen LogP contribution in [0.15, 0.2) is 36.5 Å². The summed E-state index contributed by atoms with van der Waals surface area (Å²) in [6.45, 7) is 9.70. The van der Waals surface area contributed by atoms with Gasteiger partial charge in [0.1, 0.15) is 5.82 Å². The maximum absolute atomic E-state index is 4.49. The first-order valence-electron chi connectivity index (χ1n) is 7.99. The van der Waals surface area contributed by atoms with Gasteiger partial charge in [0.2, 0.25) is 0 Å². The highest BCUT2D eigenvalue weighted by molar-refractivity contribution is 5.35. The molecule has 0 aliphatic carbocycles. The van der Waals surface area contributed by atoms with Crippen molar-refractivity contribution >= 4 is 0 Å². The lowest BCUT2D eigenvalue weighted by atomic mass is 9.90. The highest BCUT2D eigenvalue weighted by Crippen LogP contribution is 2.21. The van der Waals surface area contributed by atoms with Crippen LogP contribution in [0.4, 0.5) is 0 Å². The molecule has 2 rings (SSSR count). The predicted molar refractivity (Wildman–Crippen MR) is 88.7 cm³/mol. The number of rotatable bonds is 7. The SMILES string of the molecule is CCC(CC)(CC)NCc1cnc(C)n1-c1ccccc1. The number of imidazole rings is 1. The zero-order valence-electron chi connectivity index (χ0n) is 13.7. The Bertz CT molecular complexity index is 545. The van der Waals surface area contributed by atoms with Gasteiger partial charge in [0.25, 0.3) is 0 Å². The Morgan fingerprint density at radius 1 is 1.05 bits per heavy atom. The summed E-state index contributed by atoms with van der Waals surface area (Å²) in [7, 11) is 0. The van der Waals surface area contributed by atoms with E-state index in [0.717, 1.165) is 31.6 Å². The minimum atomic E-state index is 0.236. The summed E-state index contributed by atoms with van der Waals surface area (Å²) in [5.41, 5.74) is 2.64. The molecule has 0 spiro atoms. The van der Waals surface area contributed by atoms with Crippen LogP contribution in [0.5, 0.6) is 0 Å². The second kappa shape index (κ2) is 6.90. The highest BCUT2D eigenvalue weighted by Gasteiger charge is 2.23. The van der Waals surface area contributed by atoms with Gasteiger partial charge in [0.15, 0.2) is 0 Å². The molecule has 0 saturated carbocycles. The number of hydrogen-bond acceptors (Lipinski definition) is 2. The predicted octanol–water partition coefficient (Wildman–Crippen LogP) is 4.24. The number of aryl methyl sites for hydroxylation is 1. The molecule has 0 aliphatic heterocycles. The number of benzene rings is 1. The molecule has 114 valence electrons. The van der Waals surface area contributed by atoms with Crippen molar-refractivity contribution in [3.8, 4) is 5.69 Å². The van der Waals surface area contributed by atoms with Crippen molar-refractivity contribution in [2.45, 2.75) is 59.0 Å². The van der Waals surface area contributed by atoms with Crippen LogP contribution in [0.3, 0.4) is 0 Å². The van der Waals surface area contributed by atoms with Crippen LogP contribution < -0.4 is 5.32 Å². The molecule has 0 radical (unpaired) electrons. The monoisotopic (exact) mass is 285 g/mol. The lowest BCUT2D eigenvalue weighted by molar-refractivity contribution is 0.286. The highest BCUT2D eigenvalue weighted by atomic mass is 15.1. The van der Waals surface area contributed by atoms with E-state index < -0.39 is 0 Å². The Morgan fingerprint density at radius 2 is 1.67 bits per heavy atom. The Balaban J connectivity index is 2.23. The maximum Gasteiger partial charge on any atom is 0.110 e. The smallest absolute Gasteiger partial charge is 0.110 e. The molecule has 1 N–H and O–H groups in total. The molecule has 3 nitrogen and oxygen atoms in total. The summed E-state index contributed by atoms with van der Waals surface area (Å²) < 4.78 is 2.23. The molecule has 0 unspecified atom stereocenters. The molecule has 1 aromatic carbocycles. The quantitative estimate of drug-likeness (QED) is 0.824. The third kappa shape index (κ3) is 3.35. The van der Waals surface area contributed by atoms with Gasteiger partial charge in [-0.05, 0) is 38.3 Å². The summed E-state index contributed by atoms with van der Waals surface area (Å²) >= 11 is 0. The van der Waals surface area contributed by atoms with Gasteiger partial charge in [-0.2, -0.15) is 0 Å². The third-order valence-corrected chi connectivity index (χ3v) is 4.70. The van der Waals surface area contributed by atoms with Gasteiger partial charge >= 0.3 is 0 Å². The number of para-hydroxylation sites is 1. The lowest BCUT2D eigenvalue weighted by Gasteiger charge is -2.32. The van der Waals surface area contributed by atoms with Gasteiger partial charge in [0, 0.05) is 17.8 Å². The lowest BCUT2D eigenvalue weighted by Crippen LogP contribution is -2.43. The van der Waals surface area contributed by atoms with Crippen molar-refractivity contribution in [2.24, 2.45) is 0 Å². The number of aromatic nitrogens is 2. The van der Waals surface area contributed by atoms with Crippen molar-refractivity contribution in [1.82, 2.24) is 14.9 Å². The Hall–Kier alpha value is -1.61. The molecule has 0 atom stereocenters. The van der Waals surface area contributed by atoms with E-state index in [4.69, 9.17) is 0 Å². The average molecular weight is 285 g/mol. The summed E-state index contributed by atoms with van der Waals surface area (Å²) in [4.78, 5) is 4.49. The maximum atomic E-state index is 4.49. The van der Waals surface area contributed by atoms with Crippen LogP contribution in [-0.2, 0) is 6.54 Å². The molecule has 0 saturated heterocycles. The average Bonchev–Trinajstić information content (AvgIpc) is 2.91. The van der Waals surface area contributed by atoms with Crippen molar-refractivity contribution in [2.75, 3.05) is 0 Å². The van der Waals surface area contributed by atoms with E-state index in [1.165, 1.54) is 11.4 Å². The van der Waals surface area contributed by atoms with E-state index in [0.29, 0.717) is 0 Å². The fourth-order valence-corrected chi connectivity index (χ4v) is 2.95. The molecule has 0 fully saturated rings. The van der Waals surface area contributed by atoms with Gasteiger partial charge < -0.3 is 5.32 Å². The molecule has 1 aromatic heterocycles. The first-order valence-corrected chi connectivity index (χ1v) is 7.99.